The third-order valence-electron chi connectivity index (χ3n) is 3.31. The van der Waals surface area contributed by atoms with Gasteiger partial charge in [-0.3, -0.25) is 0 Å². The van der Waals surface area contributed by atoms with Crippen molar-refractivity contribution in [2.24, 2.45) is 5.92 Å². The minimum Gasteiger partial charge on any atom is -0.379 e. The molecule has 1 unspecified atom stereocenters. The summed E-state index contributed by atoms with van der Waals surface area (Å²) < 4.78 is 5.46. The number of hydrogen-bond donors (Lipinski definition) is 1. The number of nitrogens with zero attached hydrogens (tertiary/aromatic N) is 1. The van der Waals surface area contributed by atoms with Crippen LogP contribution in [-0.2, 0) is 4.74 Å². The molecule has 0 amide bonds. The standard InChI is InChI=1S/C12H25NOS/c1-2-12-4-3-6-13(7-5-12)8-9-14-10-11-15/h12,15H,2-11H2,1H3. The molecule has 1 saturated heterocycles. The van der Waals surface area contributed by atoms with Gasteiger partial charge >= 0.3 is 0 Å². The Morgan fingerprint density at radius 1 is 1.27 bits per heavy atom. The van der Waals surface area contributed by atoms with Gasteiger partial charge in [0.25, 0.3) is 0 Å². The van der Waals surface area contributed by atoms with Crippen LogP contribution in [-0.4, -0.2) is 43.5 Å². The van der Waals surface area contributed by atoms with Crippen molar-refractivity contribution < 1.29 is 4.74 Å². The van der Waals surface area contributed by atoms with Crippen LogP contribution >= 0.6 is 12.6 Å². The van der Waals surface area contributed by atoms with Gasteiger partial charge in [0, 0.05) is 12.3 Å². The Bertz CT molecular complexity index is 155. The van der Waals surface area contributed by atoms with Crippen LogP contribution in [0.15, 0.2) is 0 Å². The zero-order valence-corrected chi connectivity index (χ0v) is 10.8. The average molecular weight is 231 g/mol. The Kier molecular flexibility index (Phi) is 7.49. The molecule has 0 N–H and O–H groups in total. The molecule has 0 aliphatic carbocycles. The van der Waals surface area contributed by atoms with Gasteiger partial charge in [-0.05, 0) is 38.3 Å². The van der Waals surface area contributed by atoms with Crippen molar-refractivity contribution in [2.75, 3.05) is 38.6 Å². The normalized spacial score (nSPS) is 24.0. The lowest BCUT2D eigenvalue weighted by molar-refractivity contribution is 0.116. The summed E-state index contributed by atoms with van der Waals surface area (Å²) in [6.07, 6.45) is 5.52. The van der Waals surface area contributed by atoms with E-state index in [2.05, 4.69) is 24.5 Å². The highest BCUT2D eigenvalue weighted by atomic mass is 32.1. The molecule has 1 rings (SSSR count). The fourth-order valence-electron chi connectivity index (χ4n) is 2.22. The second kappa shape index (κ2) is 8.43. The maximum atomic E-state index is 5.46. The SMILES string of the molecule is CCC1CCCN(CCOCCS)CC1. The molecular weight excluding hydrogens is 206 g/mol. The average Bonchev–Trinajstić information content (AvgIpc) is 2.49. The second-order valence-corrected chi connectivity index (χ2v) is 4.83. The van der Waals surface area contributed by atoms with Crippen LogP contribution < -0.4 is 0 Å². The van der Waals surface area contributed by atoms with Gasteiger partial charge in [0.1, 0.15) is 0 Å². The highest BCUT2D eigenvalue weighted by Gasteiger charge is 2.14. The largest absolute Gasteiger partial charge is 0.379 e. The first-order chi connectivity index (χ1) is 7.36. The van der Waals surface area contributed by atoms with Crippen LogP contribution in [0.5, 0.6) is 0 Å². The predicted molar refractivity (Wildman–Crippen MR) is 68.7 cm³/mol. The van der Waals surface area contributed by atoms with E-state index < -0.39 is 0 Å². The van der Waals surface area contributed by atoms with Crippen molar-refractivity contribution in [3.05, 3.63) is 0 Å². The molecule has 1 atom stereocenters. The number of likely N-dealkylation sites (tertiary alicyclic amines) is 1. The summed E-state index contributed by atoms with van der Waals surface area (Å²) in [5.74, 6) is 1.80. The molecule has 0 aromatic heterocycles. The molecule has 90 valence electrons. The molecule has 0 radical (unpaired) electrons. The monoisotopic (exact) mass is 231 g/mol. The molecule has 3 heteroatoms. The fraction of sp³-hybridized carbons (Fsp3) is 1.00. The van der Waals surface area contributed by atoms with Gasteiger partial charge in [-0.15, -0.1) is 0 Å². The molecule has 1 aliphatic rings. The van der Waals surface area contributed by atoms with Crippen molar-refractivity contribution in [2.45, 2.75) is 32.6 Å². The van der Waals surface area contributed by atoms with E-state index in [1.54, 1.807) is 0 Å². The van der Waals surface area contributed by atoms with E-state index in [0.29, 0.717) is 0 Å². The Hall–Kier alpha value is 0.270. The van der Waals surface area contributed by atoms with Crippen LogP contribution in [0.4, 0.5) is 0 Å². The summed E-state index contributed by atoms with van der Waals surface area (Å²) in [4.78, 5) is 2.55. The Balaban J connectivity index is 2.08. The molecular formula is C12H25NOS. The van der Waals surface area contributed by atoms with Crippen LogP contribution in [0.25, 0.3) is 0 Å². The van der Waals surface area contributed by atoms with Gasteiger partial charge in [-0.1, -0.05) is 13.3 Å². The topological polar surface area (TPSA) is 12.5 Å². The highest BCUT2D eigenvalue weighted by Crippen LogP contribution is 2.19. The zero-order valence-electron chi connectivity index (χ0n) is 9.95. The van der Waals surface area contributed by atoms with Crippen LogP contribution in [0, 0.1) is 5.92 Å². The molecule has 1 aliphatic heterocycles. The molecule has 0 saturated carbocycles. The van der Waals surface area contributed by atoms with E-state index in [0.717, 1.165) is 31.4 Å². The predicted octanol–water partition coefficient (Wildman–Crippen LogP) is 2.44. The second-order valence-electron chi connectivity index (χ2n) is 4.38. The van der Waals surface area contributed by atoms with E-state index in [-0.39, 0.29) is 0 Å². The van der Waals surface area contributed by atoms with Crippen molar-refractivity contribution in [1.29, 1.82) is 0 Å². The lowest BCUT2D eigenvalue weighted by Gasteiger charge is -2.19. The van der Waals surface area contributed by atoms with Gasteiger partial charge in [-0.25, -0.2) is 0 Å². The molecule has 15 heavy (non-hydrogen) atoms. The van der Waals surface area contributed by atoms with Crippen molar-refractivity contribution in [1.82, 2.24) is 4.90 Å². The number of rotatable bonds is 6. The first-order valence-corrected chi connectivity index (χ1v) is 6.91. The molecule has 2 nitrogen and oxygen atoms in total. The van der Waals surface area contributed by atoms with E-state index in [4.69, 9.17) is 4.74 Å². The summed E-state index contributed by atoms with van der Waals surface area (Å²) in [5.41, 5.74) is 0. The third-order valence-corrected chi connectivity index (χ3v) is 3.49. The Morgan fingerprint density at radius 2 is 2.13 bits per heavy atom. The lowest BCUT2D eigenvalue weighted by atomic mass is 9.98. The van der Waals surface area contributed by atoms with Crippen LogP contribution in [0.2, 0.25) is 0 Å². The van der Waals surface area contributed by atoms with Gasteiger partial charge in [0.15, 0.2) is 0 Å². The molecule has 0 bridgehead atoms. The molecule has 0 spiro atoms. The van der Waals surface area contributed by atoms with Crippen molar-refractivity contribution in [3.63, 3.8) is 0 Å². The summed E-state index contributed by atoms with van der Waals surface area (Å²) in [5, 5.41) is 0. The van der Waals surface area contributed by atoms with E-state index in [1.165, 1.54) is 38.8 Å². The van der Waals surface area contributed by atoms with Gasteiger partial charge in [-0.2, -0.15) is 12.6 Å². The number of hydrogen-bond acceptors (Lipinski definition) is 3. The molecule has 0 aromatic carbocycles. The van der Waals surface area contributed by atoms with Gasteiger partial charge in [0.05, 0.1) is 13.2 Å². The number of thiol groups is 1. The van der Waals surface area contributed by atoms with E-state index in [9.17, 15) is 0 Å². The molecule has 0 aromatic rings. The fourth-order valence-corrected chi connectivity index (χ4v) is 2.35. The highest BCUT2D eigenvalue weighted by molar-refractivity contribution is 7.80. The maximum absolute atomic E-state index is 5.46. The third kappa shape index (κ3) is 5.79. The van der Waals surface area contributed by atoms with E-state index in [1.807, 2.05) is 0 Å². The summed E-state index contributed by atoms with van der Waals surface area (Å²) >= 11 is 4.12. The minimum absolute atomic E-state index is 0.786. The van der Waals surface area contributed by atoms with E-state index >= 15 is 0 Å². The van der Waals surface area contributed by atoms with Gasteiger partial charge in [0.2, 0.25) is 0 Å². The number of ether oxygens (including phenoxy) is 1. The summed E-state index contributed by atoms with van der Waals surface area (Å²) in [6, 6.07) is 0. The van der Waals surface area contributed by atoms with Crippen LogP contribution in [0.3, 0.4) is 0 Å². The summed E-state index contributed by atoms with van der Waals surface area (Å²) in [7, 11) is 0. The zero-order chi connectivity index (χ0) is 10.9. The molecule has 1 fully saturated rings. The smallest absolute Gasteiger partial charge is 0.0593 e. The first-order valence-electron chi connectivity index (χ1n) is 6.27. The molecule has 1 heterocycles. The lowest BCUT2D eigenvalue weighted by Crippen LogP contribution is -2.28. The Labute approximate surface area is 99.8 Å². The Morgan fingerprint density at radius 3 is 2.87 bits per heavy atom. The summed E-state index contributed by atoms with van der Waals surface area (Å²) in [6.45, 7) is 7.61. The van der Waals surface area contributed by atoms with Gasteiger partial charge < -0.3 is 9.64 Å². The van der Waals surface area contributed by atoms with Crippen molar-refractivity contribution in [3.8, 4) is 0 Å². The van der Waals surface area contributed by atoms with Crippen molar-refractivity contribution >= 4 is 12.6 Å². The maximum Gasteiger partial charge on any atom is 0.0593 e. The van der Waals surface area contributed by atoms with Crippen LogP contribution in [0.1, 0.15) is 32.6 Å². The first kappa shape index (κ1) is 13.3. The minimum atomic E-state index is 0.786. The quantitative estimate of drug-likeness (QED) is 0.557.